The van der Waals surface area contributed by atoms with Gasteiger partial charge in [0.1, 0.15) is 11.5 Å². The van der Waals surface area contributed by atoms with Gasteiger partial charge in [-0.1, -0.05) is 12.7 Å². The van der Waals surface area contributed by atoms with Crippen LogP contribution in [-0.4, -0.2) is 20.1 Å². The van der Waals surface area contributed by atoms with Gasteiger partial charge in [-0.05, 0) is 36.6 Å². The average Bonchev–Trinajstić information content (AvgIpc) is 2.21. The predicted octanol–water partition coefficient (Wildman–Crippen LogP) is 2.31. The Morgan fingerprint density at radius 2 is 2.14 bits per heavy atom. The van der Waals surface area contributed by atoms with Crippen LogP contribution in [0, 0.1) is 0 Å². The third-order valence-corrected chi connectivity index (χ3v) is 2.19. The number of hydrogen-bond donors (Lipinski definition) is 1. The summed E-state index contributed by atoms with van der Waals surface area (Å²) >= 11 is 0. The molecule has 3 heteroatoms. The molecule has 14 heavy (non-hydrogen) atoms. The zero-order chi connectivity index (χ0) is 10.4. The van der Waals surface area contributed by atoms with Gasteiger partial charge in [-0.3, -0.25) is 0 Å². The first-order valence-electron chi connectivity index (χ1n) is 4.84. The first-order chi connectivity index (χ1) is 6.77. The largest absolute Gasteiger partial charge is 0.508 e. The van der Waals surface area contributed by atoms with Gasteiger partial charge in [0.2, 0.25) is 0 Å². The van der Waals surface area contributed by atoms with E-state index >= 15 is 0 Å². The molecular formula is C11H15BO2. The normalized spacial score (nSPS) is 10.1. The Bertz CT molecular complexity index is 287. The van der Waals surface area contributed by atoms with Crippen molar-refractivity contribution < 1.29 is 9.84 Å². The van der Waals surface area contributed by atoms with Gasteiger partial charge in [0, 0.05) is 0 Å². The van der Waals surface area contributed by atoms with Gasteiger partial charge in [0.25, 0.3) is 0 Å². The number of unbranched alkanes of at least 4 members (excludes halogenated alkanes) is 1. The molecule has 0 aliphatic heterocycles. The Labute approximate surface area is 86.3 Å². The molecule has 0 aliphatic rings. The van der Waals surface area contributed by atoms with Crippen LogP contribution in [0.15, 0.2) is 18.2 Å². The summed E-state index contributed by atoms with van der Waals surface area (Å²) in [5, 5.41) is 9.54. The van der Waals surface area contributed by atoms with Crippen LogP contribution in [0.3, 0.4) is 0 Å². The van der Waals surface area contributed by atoms with Gasteiger partial charge in [0.15, 0.2) is 0 Å². The van der Waals surface area contributed by atoms with Crippen LogP contribution < -0.4 is 4.74 Å². The number of methoxy groups -OCH3 is 1. The van der Waals surface area contributed by atoms with E-state index in [1.165, 1.54) is 0 Å². The summed E-state index contributed by atoms with van der Waals surface area (Å²) in [4.78, 5) is 0. The summed E-state index contributed by atoms with van der Waals surface area (Å²) in [5.41, 5.74) is 0.929. The van der Waals surface area contributed by atoms with Gasteiger partial charge < -0.3 is 9.84 Å². The van der Waals surface area contributed by atoms with Gasteiger partial charge in [0.05, 0.1) is 15.0 Å². The summed E-state index contributed by atoms with van der Waals surface area (Å²) in [7, 11) is 7.02. The van der Waals surface area contributed by atoms with Gasteiger partial charge in [-0.25, -0.2) is 0 Å². The zero-order valence-electron chi connectivity index (χ0n) is 8.49. The number of hydrogen-bond acceptors (Lipinski definition) is 2. The standard InChI is InChI=1S/C11H15BO2/c1-14-10-5-6-11(13)9(8-10)4-2-3-7-12/h5-6,8,13H,2-4,7H2,1H3. The maximum atomic E-state index is 9.54. The second-order valence-corrected chi connectivity index (χ2v) is 3.24. The van der Waals surface area contributed by atoms with E-state index in [4.69, 9.17) is 12.6 Å². The van der Waals surface area contributed by atoms with Crippen LogP contribution in [-0.2, 0) is 6.42 Å². The van der Waals surface area contributed by atoms with E-state index in [2.05, 4.69) is 0 Å². The Kier molecular flexibility index (Phi) is 4.37. The predicted molar refractivity (Wildman–Crippen MR) is 58.2 cm³/mol. The highest BCUT2D eigenvalue weighted by Crippen LogP contribution is 2.24. The molecule has 0 aromatic heterocycles. The SMILES string of the molecule is [B]CCCCc1cc(OC)ccc1O. The molecule has 0 amide bonds. The molecular weight excluding hydrogens is 175 g/mol. The molecule has 0 spiro atoms. The van der Waals surface area contributed by atoms with Gasteiger partial charge >= 0.3 is 0 Å². The summed E-state index contributed by atoms with van der Waals surface area (Å²) in [6.45, 7) is 0. The lowest BCUT2D eigenvalue weighted by molar-refractivity contribution is 0.410. The highest BCUT2D eigenvalue weighted by Gasteiger charge is 2.02. The number of aromatic hydroxyl groups is 1. The van der Waals surface area contributed by atoms with Crippen LogP contribution in [0.25, 0.3) is 0 Å². The number of rotatable bonds is 5. The summed E-state index contributed by atoms with van der Waals surface area (Å²) in [6.07, 6.45) is 3.53. The Morgan fingerprint density at radius 3 is 2.79 bits per heavy atom. The molecule has 1 aromatic rings. The Morgan fingerprint density at radius 1 is 1.36 bits per heavy atom. The number of phenolic OH excluding ortho intramolecular Hbond substituents is 1. The fourth-order valence-corrected chi connectivity index (χ4v) is 1.35. The molecule has 1 aromatic carbocycles. The van der Waals surface area contributed by atoms with Crippen molar-refractivity contribution in [1.29, 1.82) is 0 Å². The first kappa shape index (κ1) is 11.0. The van der Waals surface area contributed by atoms with Crippen molar-refractivity contribution >= 4 is 7.85 Å². The minimum absolute atomic E-state index is 0.336. The van der Waals surface area contributed by atoms with E-state index in [9.17, 15) is 5.11 Å². The fourth-order valence-electron chi connectivity index (χ4n) is 1.35. The van der Waals surface area contributed by atoms with E-state index in [1.807, 2.05) is 6.07 Å². The lowest BCUT2D eigenvalue weighted by Crippen LogP contribution is -1.89. The van der Waals surface area contributed by atoms with Crippen LogP contribution in [0.1, 0.15) is 18.4 Å². The molecule has 2 radical (unpaired) electrons. The molecule has 0 aliphatic carbocycles. The van der Waals surface area contributed by atoms with Crippen LogP contribution in [0.5, 0.6) is 11.5 Å². The van der Waals surface area contributed by atoms with Crippen molar-refractivity contribution in [2.45, 2.75) is 25.6 Å². The van der Waals surface area contributed by atoms with Crippen molar-refractivity contribution in [3.8, 4) is 11.5 Å². The third-order valence-electron chi connectivity index (χ3n) is 2.19. The molecule has 0 saturated heterocycles. The number of aryl methyl sites for hydroxylation is 1. The molecule has 1 rings (SSSR count). The molecule has 2 nitrogen and oxygen atoms in total. The fraction of sp³-hybridized carbons (Fsp3) is 0.455. The second kappa shape index (κ2) is 5.58. The van der Waals surface area contributed by atoms with Crippen LogP contribution in [0.2, 0.25) is 6.32 Å². The average molecular weight is 190 g/mol. The van der Waals surface area contributed by atoms with Crippen molar-refractivity contribution in [3.05, 3.63) is 23.8 Å². The molecule has 0 saturated carbocycles. The quantitative estimate of drug-likeness (QED) is 0.570. The van der Waals surface area contributed by atoms with E-state index in [1.54, 1.807) is 19.2 Å². The van der Waals surface area contributed by atoms with Crippen molar-refractivity contribution in [3.63, 3.8) is 0 Å². The summed E-state index contributed by atoms with van der Waals surface area (Å²) in [6, 6.07) is 5.28. The molecule has 0 fully saturated rings. The lowest BCUT2D eigenvalue weighted by atomic mass is 9.97. The minimum atomic E-state index is 0.336. The van der Waals surface area contributed by atoms with E-state index in [0.717, 1.165) is 30.6 Å². The zero-order valence-corrected chi connectivity index (χ0v) is 8.49. The monoisotopic (exact) mass is 190 g/mol. The van der Waals surface area contributed by atoms with Crippen molar-refractivity contribution in [2.75, 3.05) is 7.11 Å². The van der Waals surface area contributed by atoms with Gasteiger partial charge in [-0.15, -0.1) is 0 Å². The highest BCUT2D eigenvalue weighted by molar-refractivity contribution is 6.08. The van der Waals surface area contributed by atoms with E-state index < -0.39 is 0 Å². The Hall–Kier alpha value is -1.12. The number of ether oxygens (including phenoxy) is 1. The smallest absolute Gasteiger partial charge is 0.119 e. The lowest BCUT2D eigenvalue weighted by Gasteiger charge is -2.06. The second-order valence-electron chi connectivity index (χ2n) is 3.24. The van der Waals surface area contributed by atoms with Crippen LogP contribution >= 0.6 is 0 Å². The highest BCUT2D eigenvalue weighted by atomic mass is 16.5. The maximum Gasteiger partial charge on any atom is 0.119 e. The maximum absolute atomic E-state index is 9.54. The minimum Gasteiger partial charge on any atom is -0.508 e. The molecule has 0 heterocycles. The first-order valence-corrected chi connectivity index (χ1v) is 4.84. The van der Waals surface area contributed by atoms with Crippen molar-refractivity contribution in [2.24, 2.45) is 0 Å². The summed E-state index contributed by atoms with van der Waals surface area (Å²) in [5.74, 6) is 1.12. The summed E-state index contributed by atoms with van der Waals surface area (Å²) < 4.78 is 5.08. The topological polar surface area (TPSA) is 29.5 Å². The number of phenols is 1. The third kappa shape index (κ3) is 2.98. The van der Waals surface area contributed by atoms with Crippen molar-refractivity contribution in [1.82, 2.24) is 0 Å². The molecule has 74 valence electrons. The molecule has 1 N–H and O–H groups in total. The van der Waals surface area contributed by atoms with E-state index in [0.29, 0.717) is 12.1 Å². The Balaban J connectivity index is 2.64. The van der Waals surface area contributed by atoms with Gasteiger partial charge in [-0.2, -0.15) is 0 Å². The van der Waals surface area contributed by atoms with Crippen LogP contribution in [0.4, 0.5) is 0 Å². The van der Waals surface area contributed by atoms with E-state index in [-0.39, 0.29) is 0 Å². The molecule has 0 bridgehead atoms. The molecule has 0 atom stereocenters. The molecule has 0 unspecified atom stereocenters. The number of benzene rings is 1.